The third kappa shape index (κ3) is 6.15. The molecule has 2 aromatic carbocycles. The highest BCUT2D eigenvalue weighted by Crippen LogP contribution is 2.15. The van der Waals surface area contributed by atoms with E-state index in [0.717, 1.165) is 5.56 Å². The first-order chi connectivity index (χ1) is 11.0. The molecule has 0 heterocycles. The molecule has 0 aliphatic carbocycles. The van der Waals surface area contributed by atoms with Gasteiger partial charge in [-0.15, -0.1) is 0 Å². The summed E-state index contributed by atoms with van der Waals surface area (Å²) in [7, 11) is 0. The molecule has 3 nitrogen and oxygen atoms in total. The standard InChI is InChI=1S/C16H15F3N2OS/c17-12-3-5-13(6-4-12)21-16(23)20-10-9-11-1-7-14(8-2-11)22-15(18)19/h1-8,15H,9-10H2,(H2,20,21,23). The fourth-order valence-corrected chi connectivity index (χ4v) is 2.09. The highest BCUT2D eigenvalue weighted by molar-refractivity contribution is 7.80. The van der Waals surface area contributed by atoms with Crippen LogP contribution in [-0.2, 0) is 6.42 Å². The van der Waals surface area contributed by atoms with Crippen molar-refractivity contribution < 1.29 is 17.9 Å². The van der Waals surface area contributed by atoms with Gasteiger partial charge in [0, 0.05) is 12.2 Å². The van der Waals surface area contributed by atoms with E-state index in [1.165, 1.54) is 24.3 Å². The van der Waals surface area contributed by atoms with E-state index in [4.69, 9.17) is 12.2 Å². The lowest BCUT2D eigenvalue weighted by Crippen LogP contribution is -2.30. The predicted molar refractivity (Wildman–Crippen MR) is 87.4 cm³/mol. The normalized spacial score (nSPS) is 10.4. The van der Waals surface area contributed by atoms with Crippen LogP contribution in [0.2, 0.25) is 0 Å². The maximum atomic E-state index is 12.8. The molecule has 0 atom stereocenters. The van der Waals surface area contributed by atoms with E-state index < -0.39 is 6.61 Å². The zero-order valence-corrected chi connectivity index (χ0v) is 12.9. The van der Waals surface area contributed by atoms with Gasteiger partial charge in [-0.2, -0.15) is 8.78 Å². The number of benzene rings is 2. The van der Waals surface area contributed by atoms with Crippen molar-refractivity contribution in [3.63, 3.8) is 0 Å². The Morgan fingerprint density at radius 2 is 1.70 bits per heavy atom. The summed E-state index contributed by atoms with van der Waals surface area (Å²) in [6.07, 6.45) is 0.667. The molecule has 0 radical (unpaired) electrons. The van der Waals surface area contributed by atoms with Gasteiger partial charge < -0.3 is 15.4 Å². The van der Waals surface area contributed by atoms with Gasteiger partial charge in [-0.25, -0.2) is 4.39 Å². The first kappa shape index (κ1) is 17.1. The van der Waals surface area contributed by atoms with Crippen molar-refractivity contribution in [3.05, 3.63) is 59.9 Å². The zero-order chi connectivity index (χ0) is 16.7. The largest absolute Gasteiger partial charge is 0.435 e. The molecule has 0 amide bonds. The van der Waals surface area contributed by atoms with Crippen LogP contribution in [0.4, 0.5) is 18.9 Å². The summed E-state index contributed by atoms with van der Waals surface area (Å²) >= 11 is 5.13. The summed E-state index contributed by atoms with van der Waals surface area (Å²) in [6.45, 7) is -2.25. The minimum absolute atomic E-state index is 0.130. The number of thiocarbonyl (C=S) groups is 1. The second kappa shape index (κ2) is 8.38. The number of anilines is 1. The van der Waals surface area contributed by atoms with Gasteiger partial charge in [-0.3, -0.25) is 0 Å². The van der Waals surface area contributed by atoms with E-state index in [-0.39, 0.29) is 11.6 Å². The first-order valence-electron chi connectivity index (χ1n) is 6.87. The van der Waals surface area contributed by atoms with Gasteiger partial charge in [0.25, 0.3) is 0 Å². The third-order valence-electron chi connectivity index (χ3n) is 2.95. The number of rotatable bonds is 6. The molecule has 0 fully saturated rings. The van der Waals surface area contributed by atoms with E-state index in [1.54, 1.807) is 24.3 Å². The first-order valence-corrected chi connectivity index (χ1v) is 7.28. The lowest BCUT2D eigenvalue weighted by molar-refractivity contribution is -0.0498. The quantitative estimate of drug-likeness (QED) is 0.780. The van der Waals surface area contributed by atoms with Crippen LogP contribution in [-0.4, -0.2) is 18.3 Å². The molecule has 0 aliphatic rings. The molecule has 2 rings (SSSR count). The topological polar surface area (TPSA) is 33.3 Å². The van der Waals surface area contributed by atoms with Gasteiger partial charge in [0.2, 0.25) is 0 Å². The Kier molecular flexibility index (Phi) is 6.22. The van der Waals surface area contributed by atoms with Crippen molar-refractivity contribution in [3.8, 4) is 5.75 Å². The molecule has 0 saturated heterocycles. The minimum Gasteiger partial charge on any atom is -0.435 e. The maximum Gasteiger partial charge on any atom is 0.387 e. The molecule has 0 spiro atoms. The average Bonchev–Trinajstić information content (AvgIpc) is 2.51. The summed E-state index contributed by atoms with van der Waals surface area (Å²) in [5.74, 6) is -0.182. The second-order valence-electron chi connectivity index (χ2n) is 4.66. The maximum absolute atomic E-state index is 12.8. The Bertz CT molecular complexity index is 633. The fraction of sp³-hybridized carbons (Fsp3) is 0.188. The number of alkyl halides is 2. The van der Waals surface area contributed by atoms with Crippen LogP contribution in [0.15, 0.2) is 48.5 Å². The van der Waals surface area contributed by atoms with Crippen LogP contribution in [0.1, 0.15) is 5.56 Å². The van der Waals surface area contributed by atoms with Crippen molar-refractivity contribution in [2.75, 3.05) is 11.9 Å². The molecular weight excluding hydrogens is 325 g/mol. The third-order valence-corrected chi connectivity index (χ3v) is 3.20. The minimum atomic E-state index is -2.82. The van der Waals surface area contributed by atoms with Crippen molar-refractivity contribution in [1.82, 2.24) is 5.32 Å². The number of hydrogen-bond acceptors (Lipinski definition) is 2. The monoisotopic (exact) mass is 340 g/mol. The van der Waals surface area contributed by atoms with Crippen molar-refractivity contribution >= 4 is 23.0 Å². The zero-order valence-electron chi connectivity index (χ0n) is 12.1. The van der Waals surface area contributed by atoms with Crippen LogP contribution in [0.25, 0.3) is 0 Å². The van der Waals surface area contributed by atoms with Gasteiger partial charge >= 0.3 is 6.61 Å². The smallest absolute Gasteiger partial charge is 0.387 e. The SMILES string of the molecule is Fc1ccc(NC(=S)NCCc2ccc(OC(F)F)cc2)cc1. The Morgan fingerprint density at radius 1 is 1.04 bits per heavy atom. The van der Waals surface area contributed by atoms with Crippen molar-refractivity contribution in [2.24, 2.45) is 0 Å². The molecule has 23 heavy (non-hydrogen) atoms. The molecule has 0 unspecified atom stereocenters. The van der Waals surface area contributed by atoms with Gasteiger partial charge in [-0.05, 0) is 60.6 Å². The Morgan fingerprint density at radius 3 is 2.30 bits per heavy atom. The van der Waals surface area contributed by atoms with Crippen molar-refractivity contribution in [1.29, 1.82) is 0 Å². The number of ether oxygens (including phenoxy) is 1. The van der Waals surface area contributed by atoms with E-state index in [1.807, 2.05) is 0 Å². The Labute approximate surface area is 137 Å². The van der Waals surface area contributed by atoms with Gasteiger partial charge in [-0.1, -0.05) is 12.1 Å². The average molecular weight is 340 g/mol. The number of halogens is 3. The Balaban J connectivity index is 1.73. The highest BCUT2D eigenvalue weighted by atomic mass is 32.1. The Hall–Kier alpha value is -2.28. The van der Waals surface area contributed by atoms with Gasteiger partial charge in [0.05, 0.1) is 0 Å². The highest BCUT2D eigenvalue weighted by Gasteiger charge is 2.04. The van der Waals surface area contributed by atoms with Gasteiger partial charge in [0.15, 0.2) is 5.11 Å². The van der Waals surface area contributed by atoms with E-state index in [9.17, 15) is 13.2 Å². The second-order valence-corrected chi connectivity index (χ2v) is 5.07. The van der Waals surface area contributed by atoms with E-state index in [2.05, 4.69) is 15.4 Å². The molecule has 0 aliphatic heterocycles. The lowest BCUT2D eigenvalue weighted by Gasteiger charge is -2.11. The van der Waals surface area contributed by atoms with Gasteiger partial charge in [0.1, 0.15) is 11.6 Å². The summed E-state index contributed by atoms with van der Waals surface area (Å²) in [5.41, 5.74) is 1.65. The number of hydrogen-bond donors (Lipinski definition) is 2. The molecule has 7 heteroatoms. The molecule has 0 bridgehead atoms. The fourth-order valence-electron chi connectivity index (χ4n) is 1.87. The van der Waals surface area contributed by atoms with E-state index >= 15 is 0 Å². The van der Waals surface area contributed by atoms with Crippen LogP contribution < -0.4 is 15.4 Å². The summed E-state index contributed by atoms with van der Waals surface area (Å²) in [4.78, 5) is 0. The predicted octanol–water partition coefficient (Wildman–Crippen LogP) is 3.96. The van der Waals surface area contributed by atoms with Crippen molar-refractivity contribution in [2.45, 2.75) is 13.0 Å². The van der Waals surface area contributed by atoms with Crippen LogP contribution in [0, 0.1) is 5.82 Å². The summed E-state index contributed by atoms with van der Waals surface area (Å²) in [5, 5.41) is 6.38. The lowest BCUT2D eigenvalue weighted by atomic mass is 10.1. The van der Waals surface area contributed by atoms with Crippen LogP contribution in [0.3, 0.4) is 0 Å². The number of nitrogens with one attached hydrogen (secondary N) is 2. The van der Waals surface area contributed by atoms with Crippen LogP contribution >= 0.6 is 12.2 Å². The molecule has 0 saturated carbocycles. The molecule has 0 aromatic heterocycles. The molecule has 122 valence electrons. The van der Waals surface area contributed by atoms with Crippen LogP contribution in [0.5, 0.6) is 5.75 Å². The molecule has 2 N–H and O–H groups in total. The van der Waals surface area contributed by atoms with E-state index in [0.29, 0.717) is 23.8 Å². The summed E-state index contributed by atoms with van der Waals surface area (Å²) < 4.78 is 41.1. The molecular formula is C16H15F3N2OS. The molecule has 2 aromatic rings. The summed E-state index contributed by atoms with van der Waals surface area (Å²) in [6, 6.07) is 12.3.